The Kier molecular flexibility index (Phi) is 4.79. The smallest absolute Gasteiger partial charge is 0.387 e. The van der Waals surface area contributed by atoms with Crippen LogP contribution in [0.25, 0.3) is 5.95 Å². The van der Waals surface area contributed by atoms with Crippen LogP contribution < -0.4 is 4.74 Å². The molecule has 1 aromatic carbocycles. The van der Waals surface area contributed by atoms with Gasteiger partial charge in [0.25, 0.3) is 5.95 Å². The van der Waals surface area contributed by atoms with Crippen LogP contribution in [0, 0.1) is 27.7 Å². The van der Waals surface area contributed by atoms with Crippen LogP contribution in [0.4, 0.5) is 8.78 Å². The van der Waals surface area contributed by atoms with Gasteiger partial charge in [0.15, 0.2) is 0 Å². The maximum atomic E-state index is 12.5. The fourth-order valence-electron chi connectivity index (χ4n) is 2.74. The Labute approximate surface area is 148 Å². The third kappa shape index (κ3) is 3.61. The summed E-state index contributed by atoms with van der Waals surface area (Å²) in [4.78, 5) is 0. The van der Waals surface area contributed by atoms with Crippen molar-refractivity contribution >= 4 is 6.21 Å². The van der Waals surface area contributed by atoms with Crippen LogP contribution in [0.2, 0.25) is 0 Å². The van der Waals surface area contributed by atoms with Gasteiger partial charge in [-0.25, -0.2) is 4.68 Å². The Morgan fingerprint density at radius 2 is 1.81 bits per heavy atom. The van der Waals surface area contributed by atoms with E-state index in [4.69, 9.17) is 0 Å². The minimum Gasteiger partial charge on any atom is -0.434 e. The summed E-state index contributed by atoms with van der Waals surface area (Å²) in [5.41, 5.74) is 3.73. The van der Waals surface area contributed by atoms with Gasteiger partial charge in [0.05, 0.1) is 11.9 Å². The van der Waals surface area contributed by atoms with Crippen molar-refractivity contribution in [1.29, 1.82) is 0 Å². The highest BCUT2D eigenvalue weighted by Gasteiger charge is 2.12. The second-order valence-electron chi connectivity index (χ2n) is 5.92. The summed E-state index contributed by atoms with van der Waals surface area (Å²) < 4.78 is 32.7. The van der Waals surface area contributed by atoms with Crippen molar-refractivity contribution in [3.8, 4) is 11.7 Å². The first-order chi connectivity index (χ1) is 12.3. The number of nitrogens with zero attached hydrogens (tertiary/aromatic N) is 6. The third-order valence-electron chi connectivity index (χ3n) is 3.73. The molecule has 0 aliphatic heterocycles. The predicted octanol–water partition coefficient (Wildman–Crippen LogP) is 3.18. The van der Waals surface area contributed by atoms with Gasteiger partial charge in [-0.1, -0.05) is 0 Å². The molecule has 2 aromatic heterocycles. The van der Waals surface area contributed by atoms with E-state index in [0.717, 1.165) is 17.0 Å². The Bertz CT molecular complexity index is 937. The van der Waals surface area contributed by atoms with Crippen molar-refractivity contribution in [1.82, 2.24) is 24.7 Å². The monoisotopic (exact) mass is 360 g/mol. The van der Waals surface area contributed by atoms with Crippen LogP contribution in [0.5, 0.6) is 5.75 Å². The minimum atomic E-state index is -2.85. The molecule has 0 amide bonds. The molecule has 136 valence electrons. The molecule has 0 radical (unpaired) electrons. The lowest BCUT2D eigenvalue weighted by molar-refractivity contribution is -0.0507. The van der Waals surface area contributed by atoms with Gasteiger partial charge < -0.3 is 4.74 Å². The molecule has 3 aromatic rings. The number of alkyl halides is 2. The quantitative estimate of drug-likeness (QED) is 0.655. The summed E-state index contributed by atoms with van der Waals surface area (Å²) in [5, 5.41) is 16.6. The summed E-state index contributed by atoms with van der Waals surface area (Å²) in [6.45, 7) is 4.37. The lowest BCUT2D eigenvalue weighted by Crippen LogP contribution is -2.07. The van der Waals surface area contributed by atoms with Gasteiger partial charge in [0.2, 0.25) is 0 Å². The first-order valence-corrected chi connectivity index (χ1v) is 7.89. The van der Waals surface area contributed by atoms with Gasteiger partial charge in [0, 0.05) is 5.69 Å². The molecule has 0 saturated carbocycles. The van der Waals surface area contributed by atoms with Crippen LogP contribution in [-0.2, 0) is 0 Å². The number of rotatable bonds is 5. The predicted molar refractivity (Wildman–Crippen MR) is 92.2 cm³/mol. The zero-order valence-electron chi connectivity index (χ0n) is 14.8. The first-order valence-electron chi connectivity index (χ1n) is 7.89. The summed E-state index contributed by atoms with van der Waals surface area (Å²) in [6, 6.07) is 5.38. The molecule has 0 N–H and O–H groups in total. The lowest BCUT2D eigenvalue weighted by atomic mass is 10.1. The molecule has 0 saturated heterocycles. The third-order valence-corrected chi connectivity index (χ3v) is 3.73. The van der Waals surface area contributed by atoms with E-state index in [1.807, 2.05) is 19.9 Å². The van der Waals surface area contributed by atoms with E-state index >= 15 is 0 Å². The molecule has 9 heteroatoms. The molecular weight excluding hydrogens is 342 g/mol. The molecule has 0 unspecified atom stereocenters. The Morgan fingerprint density at radius 3 is 2.38 bits per heavy atom. The summed E-state index contributed by atoms with van der Waals surface area (Å²) in [7, 11) is 0. The second kappa shape index (κ2) is 7.03. The van der Waals surface area contributed by atoms with Gasteiger partial charge in [0.1, 0.15) is 12.1 Å². The van der Waals surface area contributed by atoms with Crippen LogP contribution in [0.3, 0.4) is 0 Å². The van der Waals surface area contributed by atoms with E-state index in [1.54, 1.807) is 36.9 Å². The molecule has 26 heavy (non-hydrogen) atoms. The molecule has 0 aliphatic rings. The van der Waals surface area contributed by atoms with Gasteiger partial charge in [-0.3, -0.25) is 0 Å². The van der Waals surface area contributed by atoms with Crippen molar-refractivity contribution < 1.29 is 13.5 Å². The average molecular weight is 360 g/mol. The van der Waals surface area contributed by atoms with Gasteiger partial charge in [-0.15, -0.1) is 10.2 Å². The van der Waals surface area contributed by atoms with E-state index in [2.05, 4.69) is 25.1 Å². The van der Waals surface area contributed by atoms with Gasteiger partial charge in [-0.05, 0) is 62.6 Å². The fraction of sp³-hybridized carbons (Fsp3) is 0.294. The largest absolute Gasteiger partial charge is 0.434 e. The standard InChI is InChI=1S/C17H18F2N6O/c1-10-5-14(6-11(2)15(10)26-16(18)19)8-21-24-9-20-22-17(24)25-13(4)7-12(3)23-25/h5-9,16H,1-4H3/b21-8-. The molecule has 0 aliphatic carbocycles. The Morgan fingerprint density at radius 1 is 1.12 bits per heavy atom. The first kappa shape index (κ1) is 17.7. The van der Waals surface area contributed by atoms with Gasteiger partial charge >= 0.3 is 6.61 Å². The molecule has 0 spiro atoms. The molecule has 3 rings (SSSR count). The highest BCUT2D eigenvalue weighted by atomic mass is 19.3. The molecular formula is C17H18F2N6O. The van der Waals surface area contributed by atoms with Crippen molar-refractivity contribution in [2.75, 3.05) is 0 Å². The zero-order chi connectivity index (χ0) is 18.8. The van der Waals surface area contributed by atoms with Crippen molar-refractivity contribution in [2.45, 2.75) is 34.3 Å². The lowest BCUT2D eigenvalue weighted by Gasteiger charge is -2.11. The molecule has 2 heterocycles. The number of benzene rings is 1. The van der Waals surface area contributed by atoms with Crippen molar-refractivity contribution in [2.24, 2.45) is 5.10 Å². The zero-order valence-corrected chi connectivity index (χ0v) is 14.8. The van der Waals surface area contributed by atoms with Crippen LogP contribution in [0.15, 0.2) is 29.6 Å². The maximum absolute atomic E-state index is 12.5. The Balaban J connectivity index is 1.90. The number of aryl methyl sites for hydroxylation is 4. The maximum Gasteiger partial charge on any atom is 0.387 e. The van der Waals surface area contributed by atoms with E-state index in [9.17, 15) is 8.78 Å². The number of halogens is 2. The van der Waals surface area contributed by atoms with Gasteiger partial charge in [-0.2, -0.15) is 23.7 Å². The molecule has 0 bridgehead atoms. The minimum absolute atomic E-state index is 0.185. The molecule has 0 atom stereocenters. The fourth-order valence-corrected chi connectivity index (χ4v) is 2.74. The van der Waals surface area contributed by atoms with Crippen LogP contribution >= 0.6 is 0 Å². The number of hydrogen-bond acceptors (Lipinski definition) is 5. The normalized spacial score (nSPS) is 11.7. The number of ether oxygens (including phenoxy) is 1. The summed E-state index contributed by atoms with van der Waals surface area (Å²) >= 11 is 0. The van der Waals surface area contributed by atoms with E-state index in [1.165, 1.54) is 11.0 Å². The van der Waals surface area contributed by atoms with Crippen molar-refractivity contribution in [3.63, 3.8) is 0 Å². The van der Waals surface area contributed by atoms with E-state index in [0.29, 0.717) is 17.1 Å². The SMILES string of the molecule is Cc1cc(C)n(-c2nncn2/N=C\c2cc(C)c(OC(F)F)c(C)c2)n1. The average Bonchev–Trinajstić information content (AvgIpc) is 3.14. The van der Waals surface area contributed by atoms with E-state index < -0.39 is 6.61 Å². The number of hydrogen-bond donors (Lipinski definition) is 0. The topological polar surface area (TPSA) is 70.1 Å². The highest BCUT2D eigenvalue weighted by molar-refractivity contribution is 5.81. The molecule has 0 fully saturated rings. The molecule has 7 nitrogen and oxygen atoms in total. The van der Waals surface area contributed by atoms with Crippen molar-refractivity contribution in [3.05, 3.63) is 52.6 Å². The second-order valence-corrected chi connectivity index (χ2v) is 5.92. The highest BCUT2D eigenvalue weighted by Crippen LogP contribution is 2.26. The Hall–Kier alpha value is -3.10. The van der Waals surface area contributed by atoms with Crippen LogP contribution in [0.1, 0.15) is 28.1 Å². The van der Waals surface area contributed by atoms with E-state index in [-0.39, 0.29) is 5.75 Å². The summed E-state index contributed by atoms with van der Waals surface area (Å²) in [5.74, 6) is 0.641. The van der Waals surface area contributed by atoms with Crippen LogP contribution in [-0.4, -0.2) is 37.5 Å². The summed E-state index contributed by atoms with van der Waals surface area (Å²) in [6.07, 6.45) is 3.07. The number of aromatic nitrogens is 5.